The molecule has 2 N–H and O–H groups in total. The lowest BCUT2D eigenvalue weighted by molar-refractivity contribution is 0.0954. The molecule has 2 aromatic rings. The van der Waals surface area contributed by atoms with Crippen LogP contribution in [0.25, 0.3) is 0 Å². The number of rotatable bonds is 7. The summed E-state index contributed by atoms with van der Waals surface area (Å²) in [5.41, 5.74) is 4.95. The van der Waals surface area contributed by atoms with Crippen molar-refractivity contribution in [1.29, 1.82) is 0 Å². The molecule has 0 aliphatic rings. The third-order valence-corrected chi connectivity index (χ3v) is 3.40. The van der Waals surface area contributed by atoms with Gasteiger partial charge in [0.25, 0.3) is 5.91 Å². The molecule has 0 aliphatic heterocycles. The number of ether oxygens (including phenoxy) is 1. The van der Waals surface area contributed by atoms with Crippen molar-refractivity contribution in [2.45, 2.75) is 20.0 Å². The summed E-state index contributed by atoms with van der Waals surface area (Å²) in [4.78, 5) is 12.0. The van der Waals surface area contributed by atoms with E-state index in [2.05, 4.69) is 23.4 Å². The van der Waals surface area contributed by atoms with Gasteiger partial charge in [-0.1, -0.05) is 25.0 Å². The maximum atomic E-state index is 12.0. The van der Waals surface area contributed by atoms with Gasteiger partial charge in [-0.15, -0.1) is 6.42 Å². The zero-order valence-electron chi connectivity index (χ0n) is 14.0. The quantitative estimate of drug-likeness (QED) is 0.353. The van der Waals surface area contributed by atoms with Crippen LogP contribution in [0.15, 0.2) is 47.6 Å². The summed E-state index contributed by atoms with van der Waals surface area (Å²) in [5, 5.41) is 13.7. The minimum atomic E-state index is -0.336. The fourth-order valence-electron chi connectivity index (χ4n) is 2.05. The molecule has 25 heavy (non-hydrogen) atoms. The van der Waals surface area contributed by atoms with Crippen molar-refractivity contribution < 1.29 is 14.6 Å². The van der Waals surface area contributed by atoms with Crippen LogP contribution >= 0.6 is 0 Å². The normalized spacial score (nSPS) is 10.6. The van der Waals surface area contributed by atoms with Crippen molar-refractivity contribution in [3.63, 3.8) is 0 Å². The van der Waals surface area contributed by atoms with Gasteiger partial charge in [0.2, 0.25) is 0 Å². The van der Waals surface area contributed by atoms with Crippen LogP contribution in [-0.2, 0) is 11.3 Å². The Morgan fingerprint density at radius 2 is 2.08 bits per heavy atom. The van der Waals surface area contributed by atoms with Crippen molar-refractivity contribution in [1.82, 2.24) is 5.43 Å². The molecule has 0 fully saturated rings. The second-order valence-electron chi connectivity index (χ2n) is 5.37. The maximum absolute atomic E-state index is 12.0. The molecule has 128 valence electrons. The van der Waals surface area contributed by atoms with E-state index in [4.69, 9.17) is 11.2 Å². The number of hydrogen-bond donors (Lipinski definition) is 2. The first-order valence-corrected chi connectivity index (χ1v) is 7.93. The number of nitrogens with zero attached hydrogens (tertiary/aromatic N) is 1. The van der Waals surface area contributed by atoms with Crippen molar-refractivity contribution in [3.8, 4) is 18.1 Å². The van der Waals surface area contributed by atoms with Crippen LogP contribution in [0.5, 0.6) is 5.75 Å². The molecule has 0 aliphatic carbocycles. The van der Waals surface area contributed by atoms with Crippen molar-refractivity contribution in [3.05, 3.63) is 64.7 Å². The summed E-state index contributed by atoms with van der Waals surface area (Å²) < 4.78 is 5.45. The summed E-state index contributed by atoms with van der Waals surface area (Å²) in [7, 11) is 0. The zero-order chi connectivity index (χ0) is 18.1. The molecule has 2 rings (SSSR count). The first kappa shape index (κ1) is 18.2. The average molecular weight is 336 g/mol. The molecular weight excluding hydrogens is 316 g/mol. The van der Waals surface area contributed by atoms with E-state index in [1.54, 1.807) is 24.3 Å². The van der Waals surface area contributed by atoms with Crippen LogP contribution in [-0.4, -0.2) is 23.8 Å². The first-order chi connectivity index (χ1) is 12.1. The van der Waals surface area contributed by atoms with E-state index in [1.165, 1.54) is 12.3 Å². The molecule has 2 aromatic carbocycles. The van der Waals surface area contributed by atoms with Crippen LogP contribution in [0.3, 0.4) is 0 Å². The van der Waals surface area contributed by atoms with Gasteiger partial charge in [-0.25, -0.2) is 5.43 Å². The van der Waals surface area contributed by atoms with Gasteiger partial charge in [0.05, 0.1) is 12.8 Å². The molecule has 0 bridgehead atoms. The number of carbonyl (C=O) groups is 1. The molecule has 0 aromatic heterocycles. The number of aromatic hydroxyl groups is 1. The number of nitrogens with one attached hydrogen (secondary N) is 1. The van der Waals surface area contributed by atoms with E-state index >= 15 is 0 Å². The molecular formula is C20H20N2O3. The Kier molecular flexibility index (Phi) is 6.76. The standard InChI is InChI=1S/C20H20N2O3/c1-3-11-25-14-16-6-8-17(9-7-16)20(24)22-21-13-18-10-5-15(4-2)12-19(18)23/h2,5-10,12-13,23H,3,11,14H2,1H3,(H,22,24)/b21-13+. The Morgan fingerprint density at radius 1 is 1.32 bits per heavy atom. The third kappa shape index (κ3) is 5.48. The lowest BCUT2D eigenvalue weighted by Gasteiger charge is -2.04. The number of phenolic OH excluding ortho intramolecular Hbond substituents is 1. The summed E-state index contributed by atoms with van der Waals surface area (Å²) in [6, 6.07) is 11.9. The predicted molar refractivity (Wildman–Crippen MR) is 97.5 cm³/mol. The van der Waals surface area contributed by atoms with Crippen molar-refractivity contribution >= 4 is 12.1 Å². The van der Waals surface area contributed by atoms with E-state index < -0.39 is 0 Å². The van der Waals surface area contributed by atoms with Crippen molar-refractivity contribution in [2.75, 3.05) is 6.61 Å². The second kappa shape index (κ2) is 9.26. The van der Waals surface area contributed by atoms with Crippen molar-refractivity contribution in [2.24, 2.45) is 5.10 Å². The topological polar surface area (TPSA) is 70.9 Å². The lowest BCUT2D eigenvalue weighted by Crippen LogP contribution is -2.17. The molecule has 5 nitrogen and oxygen atoms in total. The molecule has 0 unspecified atom stereocenters. The Bertz CT molecular complexity index is 790. The van der Waals surface area contributed by atoms with E-state index in [-0.39, 0.29) is 11.7 Å². The number of phenols is 1. The van der Waals surface area contributed by atoms with Gasteiger partial charge in [0, 0.05) is 23.3 Å². The van der Waals surface area contributed by atoms with Crippen LogP contribution in [0.1, 0.15) is 40.4 Å². The zero-order valence-corrected chi connectivity index (χ0v) is 14.0. The Morgan fingerprint density at radius 3 is 2.72 bits per heavy atom. The highest BCUT2D eigenvalue weighted by Gasteiger charge is 2.04. The number of hydrogen-bond acceptors (Lipinski definition) is 4. The Hall–Kier alpha value is -3.10. The Labute approximate surface area is 147 Å². The summed E-state index contributed by atoms with van der Waals surface area (Å²) in [6.45, 7) is 3.30. The fourth-order valence-corrected chi connectivity index (χ4v) is 2.05. The van der Waals surface area contributed by atoms with Gasteiger partial charge < -0.3 is 9.84 Å². The highest BCUT2D eigenvalue weighted by Crippen LogP contribution is 2.16. The number of amides is 1. The minimum absolute atomic E-state index is 0.00452. The van der Waals surface area contributed by atoms with E-state index in [0.29, 0.717) is 29.9 Å². The molecule has 0 spiro atoms. The minimum Gasteiger partial charge on any atom is -0.507 e. The average Bonchev–Trinajstić information content (AvgIpc) is 2.63. The number of terminal acetylenes is 1. The van der Waals surface area contributed by atoms with E-state index in [1.807, 2.05) is 12.1 Å². The second-order valence-corrected chi connectivity index (χ2v) is 5.37. The van der Waals surface area contributed by atoms with Gasteiger partial charge in [0.15, 0.2) is 0 Å². The molecule has 0 radical (unpaired) electrons. The number of benzene rings is 2. The Balaban J connectivity index is 1.92. The van der Waals surface area contributed by atoms with Gasteiger partial charge in [-0.3, -0.25) is 4.79 Å². The summed E-state index contributed by atoms with van der Waals surface area (Å²) >= 11 is 0. The third-order valence-electron chi connectivity index (χ3n) is 3.40. The SMILES string of the molecule is C#Cc1ccc(/C=N/NC(=O)c2ccc(COCCC)cc2)c(O)c1. The number of hydrazone groups is 1. The van der Waals surface area contributed by atoms with E-state index in [0.717, 1.165) is 12.0 Å². The van der Waals surface area contributed by atoms with Crippen LogP contribution in [0, 0.1) is 12.3 Å². The molecule has 0 saturated carbocycles. The summed E-state index contributed by atoms with van der Waals surface area (Å²) in [5.74, 6) is 2.10. The van der Waals surface area contributed by atoms with Gasteiger partial charge in [-0.05, 0) is 42.3 Å². The van der Waals surface area contributed by atoms with E-state index in [9.17, 15) is 9.90 Å². The summed E-state index contributed by atoms with van der Waals surface area (Å²) in [6.07, 6.45) is 7.59. The molecule has 1 amide bonds. The van der Waals surface area contributed by atoms with Gasteiger partial charge >= 0.3 is 0 Å². The smallest absolute Gasteiger partial charge is 0.271 e. The van der Waals surface area contributed by atoms with Crippen LogP contribution in [0.4, 0.5) is 0 Å². The predicted octanol–water partition coefficient (Wildman–Crippen LogP) is 3.06. The fraction of sp³-hybridized carbons (Fsp3) is 0.200. The molecule has 0 saturated heterocycles. The van der Waals surface area contributed by atoms with Gasteiger partial charge in [-0.2, -0.15) is 5.10 Å². The highest BCUT2D eigenvalue weighted by molar-refractivity contribution is 5.95. The van der Waals surface area contributed by atoms with Gasteiger partial charge in [0.1, 0.15) is 5.75 Å². The molecule has 5 heteroatoms. The maximum Gasteiger partial charge on any atom is 0.271 e. The molecule has 0 heterocycles. The van der Waals surface area contributed by atoms with Crippen LogP contribution < -0.4 is 5.43 Å². The first-order valence-electron chi connectivity index (χ1n) is 7.93. The lowest BCUT2D eigenvalue weighted by atomic mass is 10.1. The number of carbonyl (C=O) groups excluding carboxylic acids is 1. The monoisotopic (exact) mass is 336 g/mol. The largest absolute Gasteiger partial charge is 0.507 e. The highest BCUT2D eigenvalue weighted by atomic mass is 16.5. The van der Waals surface area contributed by atoms with Crippen LogP contribution in [0.2, 0.25) is 0 Å². The molecule has 0 atom stereocenters.